The first kappa shape index (κ1) is 18.3. The quantitative estimate of drug-likeness (QED) is 0.500. The number of fused-ring (bicyclic) bond motifs is 3. The van der Waals surface area contributed by atoms with Crippen LogP contribution in [0.3, 0.4) is 0 Å². The number of carboxylic acid groups (broad SMARTS) is 1. The van der Waals surface area contributed by atoms with Crippen molar-refractivity contribution in [3.63, 3.8) is 0 Å². The number of carboxylic acids is 1. The molecule has 1 aromatic heterocycles. The summed E-state index contributed by atoms with van der Waals surface area (Å²) in [5.74, 6) is 0.798. The van der Waals surface area contributed by atoms with Crippen molar-refractivity contribution in [1.29, 1.82) is 0 Å². The Kier molecular flexibility index (Phi) is 3.85. The minimum atomic E-state index is -1.25. The number of rotatable bonds is 3. The molecule has 0 bridgehead atoms. The summed E-state index contributed by atoms with van der Waals surface area (Å²) in [4.78, 5) is 20.9. The van der Waals surface area contributed by atoms with Gasteiger partial charge in [-0.3, -0.25) is 0 Å². The molecule has 2 aliphatic rings. The minimum absolute atomic E-state index is 0.137. The number of nitrogens with zero attached hydrogens (tertiary/aromatic N) is 2. The van der Waals surface area contributed by atoms with E-state index >= 15 is 0 Å². The lowest BCUT2D eigenvalue weighted by molar-refractivity contribution is 0.0694. The van der Waals surface area contributed by atoms with Crippen LogP contribution in [0.2, 0.25) is 0 Å². The molecule has 0 aliphatic carbocycles. The monoisotopic (exact) mass is 430 g/mol. The van der Waals surface area contributed by atoms with Crippen molar-refractivity contribution in [1.82, 2.24) is 9.97 Å². The maximum Gasteiger partial charge on any atom is 0.339 e. The van der Waals surface area contributed by atoms with Crippen LogP contribution in [0.1, 0.15) is 10.4 Å². The number of aromatic hydroxyl groups is 1. The van der Waals surface area contributed by atoms with E-state index < -0.39 is 5.97 Å². The van der Waals surface area contributed by atoms with Crippen LogP contribution >= 0.6 is 0 Å². The topological polar surface area (TPSA) is 120 Å². The number of aromatic carboxylic acids is 1. The molecule has 6 rings (SSSR count). The first-order chi connectivity index (χ1) is 15.6. The molecule has 32 heavy (non-hydrogen) atoms. The number of aromatic nitrogens is 2. The largest absolute Gasteiger partial charge is 0.507 e. The zero-order valence-corrected chi connectivity index (χ0v) is 16.4. The first-order valence-electron chi connectivity index (χ1n) is 9.65. The Morgan fingerprint density at radius 2 is 1.22 bits per heavy atom. The van der Waals surface area contributed by atoms with E-state index in [1.54, 1.807) is 24.3 Å². The highest BCUT2D eigenvalue weighted by atomic mass is 16.7. The number of ether oxygens (including phenoxy) is 4. The van der Waals surface area contributed by atoms with Gasteiger partial charge in [0, 0.05) is 17.2 Å². The molecule has 0 unspecified atom stereocenters. The van der Waals surface area contributed by atoms with E-state index in [-0.39, 0.29) is 24.9 Å². The molecule has 3 heterocycles. The number of hydrogen-bond acceptors (Lipinski definition) is 8. The molecule has 9 nitrogen and oxygen atoms in total. The Morgan fingerprint density at radius 3 is 1.75 bits per heavy atom. The van der Waals surface area contributed by atoms with Crippen LogP contribution < -0.4 is 18.9 Å². The molecule has 0 fully saturated rings. The number of hydrogen-bond donors (Lipinski definition) is 2. The number of carbonyl (C=O) groups is 1. The molecule has 0 radical (unpaired) electrons. The van der Waals surface area contributed by atoms with Gasteiger partial charge >= 0.3 is 5.97 Å². The summed E-state index contributed by atoms with van der Waals surface area (Å²) in [6.45, 7) is 0.279. The third kappa shape index (κ3) is 2.83. The van der Waals surface area contributed by atoms with Gasteiger partial charge in [-0.2, -0.15) is 0 Å². The molecule has 0 atom stereocenters. The molecule has 158 valence electrons. The summed E-state index contributed by atoms with van der Waals surface area (Å²) in [6, 6.07) is 13.5. The van der Waals surface area contributed by atoms with Gasteiger partial charge in [0.25, 0.3) is 0 Å². The van der Waals surface area contributed by atoms with Crippen LogP contribution in [-0.2, 0) is 0 Å². The summed E-state index contributed by atoms with van der Waals surface area (Å²) in [5, 5.41) is 19.5. The van der Waals surface area contributed by atoms with Crippen LogP contribution in [0.5, 0.6) is 28.7 Å². The molecule has 0 amide bonds. The molecule has 4 aromatic rings. The van der Waals surface area contributed by atoms with Gasteiger partial charge in [-0.1, -0.05) is 0 Å². The average Bonchev–Trinajstić information content (AvgIpc) is 3.45. The van der Waals surface area contributed by atoms with E-state index in [4.69, 9.17) is 28.9 Å². The Bertz CT molecular complexity index is 1430. The van der Waals surface area contributed by atoms with Crippen LogP contribution in [0, 0.1) is 0 Å². The lowest BCUT2D eigenvalue weighted by Gasteiger charge is -2.12. The molecule has 2 N–H and O–H groups in total. The van der Waals surface area contributed by atoms with Crippen molar-refractivity contribution in [2.45, 2.75) is 0 Å². The summed E-state index contributed by atoms with van der Waals surface area (Å²) in [6.07, 6.45) is 0. The summed E-state index contributed by atoms with van der Waals surface area (Å²) < 4.78 is 21.8. The fourth-order valence-corrected chi connectivity index (χ4v) is 3.75. The predicted octanol–water partition coefficient (Wildman–Crippen LogP) is 3.83. The van der Waals surface area contributed by atoms with Crippen molar-refractivity contribution >= 4 is 17.0 Å². The maximum absolute atomic E-state index is 11.5. The molecule has 0 saturated heterocycles. The second-order valence-corrected chi connectivity index (χ2v) is 7.22. The van der Waals surface area contributed by atoms with Crippen LogP contribution in [-0.4, -0.2) is 39.7 Å². The standard InChI is InChI=1S/C23H14N2O7/c26-16-8-15-14(7-13(16)23(27)28)24-21(11-1-3-17-19(5-11)31-9-29-17)22(25-15)12-2-4-18-20(6-12)32-10-30-18/h1-8,26H,9-10H2,(H,27,28). The highest BCUT2D eigenvalue weighted by molar-refractivity contribution is 5.97. The second-order valence-electron chi connectivity index (χ2n) is 7.22. The summed E-state index contributed by atoms with van der Waals surface area (Å²) >= 11 is 0. The van der Waals surface area contributed by atoms with Crippen LogP contribution in [0.4, 0.5) is 0 Å². The van der Waals surface area contributed by atoms with Crippen LogP contribution in [0.25, 0.3) is 33.5 Å². The Balaban J connectivity index is 1.61. The molecule has 2 aliphatic heterocycles. The fraction of sp³-hybridized carbons (Fsp3) is 0.0870. The Hall–Kier alpha value is -4.53. The zero-order chi connectivity index (χ0) is 21.8. The smallest absolute Gasteiger partial charge is 0.339 e. The van der Waals surface area contributed by atoms with E-state index in [2.05, 4.69) is 0 Å². The van der Waals surface area contributed by atoms with E-state index in [0.29, 0.717) is 51.0 Å². The van der Waals surface area contributed by atoms with E-state index in [0.717, 1.165) is 5.56 Å². The van der Waals surface area contributed by atoms with E-state index in [1.807, 2.05) is 12.1 Å². The van der Waals surface area contributed by atoms with Gasteiger partial charge in [-0.05, 0) is 42.5 Å². The first-order valence-corrected chi connectivity index (χ1v) is 9.65. The lowest BCUT2D eigenvalue weighted by atomic mass is 10.0. The second kappa shape index (κ2) is 6.74. The van der Waals surface area contributed by atoms with Crippen molar-refractivity contribution in [3.8, 4) is 51.3 Å². The number of phenols is 1. The van der Waals surface area contributed by atoms with Gasteiger partial charge in [0.2, 0.25) is 13.6 Å². The number of benzene rings is 3. The molecule has 3 aromatic carbocycles. The molecule has 9 heteroatoms. The minimum Gasteiger partial charge on any atom is -0.507 e. The van der Waals surface area contributed by atoms with Crippen LogP contribution in [0.15, 0.2) is 48.5 Å². The molecular formula is C23H14N2O7. The lowest BCUT2D eigenvalue weighted by Crippen LogP contribution is -2.00. The van der Waals surface area contributed by atoms with Crippen molar-refractivity contribution in [3.05, 3.63) is 54.1 Å². The van der Waals surface area contributed by atoms with Gasteiger partial charge in [-0.15, -0.1) is 0 Å². The van der Waals surface area contributed by atoms with Crippen molar-refractivity contribution < 1.29 is 34.0 Å². The fourth-order valence-electron chi connectivity index (χ4n) is 3.75. The third-order valence-electron chi connectivity index (χ3n) is 5.30. The highest BCUT2D eigenvalue weighted by Gasteiger charge is 2.22. The van der Waals surface area contributed by atoms with Gasteiger partial charge in [-0.25, -0.2) is 14.8 Å². The normalized spacial score (nSPS) is 13.5. The summed E-state index contributed by atoms with van der Waals surface area (Å²) in [7, 11) is 0. The molecular weight excluding hydrogens is 416 g/mol. The SMILES string of the molecule is O=C(O)c1cc2nc(-c3ccc4c(c3)OCO4)c(-c3ccc4c(c3)OCO4)nc2cc1O. The molecule has 0 spiro atoms. The van der Waals surface area contributed by atoms with Gasteiger partial charge < -0.3 is 29.2 Å². The van der Waals surface area contributed by atoms with Gasteiger partial charge in [0.15, 0.2) is 23.0 Å². The van der Waals surface area contributed by atoms with E-state index in [1.165, 1.54) is 12.1 Å². The highest BCUT2D eigenvalue weighted by Crippen LogP contribution is 2.41. The summed E-state index contributed by atoms with van der Waals surface area (Å²) in [5.41, 5.74) is 2.90. The average molecular weight is 430 g/mol. The van der Waals surface area contributed by atoms with Gasteiger partial charge in [0.05, 0.1) is 22.4 Å². The molecule has 0 saturated carbocycles. The third-order valence-corrected chi connectivity index (χ3v) is 5.30. The Morgan fingerprint density at radius 1 is 0.719 bits per heavy atom. The Labute approximate surface area is 180 Å². The van der Waals surface area contributed by atoms with E-state index in [9.17, 15) is 15.0 Å². The van der Waals surface area contributed by atoms with Crippen molar-refractivity contribution in [2.75, 3.05) is 13.6 Å². The zero-order valence-electron chi connectivity index (χ0n) is 16.4. The van der Waals surface area contributed by atoms with Gasteiger partial charge in [0.1, 0.15) is 11.3 Å². The predicted molar refractivity (Wildman–Crippen MR) is 111 cm³/mol. The maximum atomic E-state index is 11.5. The van der Waals surface area contributed by atoms with Crippen molar-refractivity contribution in [2.24, 2.45) is 0 Å².